The Bertz CT molecular complexity index is 518. The van der Waals surface area contributed by atoms with Crippen molar-refractivity contribution in [2.75, 3.05) is 0 Å². The highest BCUT2D eigenvalue weighted by molar-refractivity contribution is 7.10. The smallest absolute Gasteiger partial charge is 0.336 e. The van der Waals surface area contributed by atoms with Gasteiger partial charge in [0.05, 0.1) is 18.3 Å². The molecule has 0 unspecified atom stereocenters. The quantitative estimate of drug-likeness (QED) is 0.851. The third-order valence-electron chi connectivity index (χ3n) is 2.15. The summed E-state index contributed by atoms with van der Waals surface area (Å²) in [6.45, 7) is 2.99. The topological polar surface area (TPSA) is 75.4 Å². The van der Waals surface area contributed by atoms with Crippen LogP contribution in [0.2, 0.25) is 0 Å². The van der Waals surface area contributed by atoms with Crippen LogP contribution in [-0.2, 0) is 13.1 Å². The molecular weight excluding hydrogens is 240 g/mol. The van der Waals surface area contributed by atoms with Gasteiger partial charge in [0.2, 0.25) is 5.89 Å². The van der Waals surface area contributed by atoms with Crippen LogP contribution in [0.25, 0.3) is 0 Å². The number of nitrogens with zero attached hydrogens (tertiary/aromatic N) is 1. The van der Waals surface area contributed by atoms with Gasteiger partial charge in [0, 0.05) is 16.8 Å². The van der Waals surface area contributed by atoms with Gasteiger partial charge < -0.3 is 14.8 Å². The first-order valence-corrected chi connectivity index (χ1v) is 5.96. The fourth-order valence-corrected chi connectivity index (χ4v) is 2.19. The molecule has 0 atom stereocenters. The normalized spacial score (nSPS) is 10.6. The molecule has 0 bridgehead atoms. The first-order chi connectivity index (χ1) is 8.15. The SMILES string of the molecule is Cc1cnc(CNCc2cc(C(=O)O)cs2)o1. The summed E-state index contributed by atoms with van der Waals surface area (Å²) >= 11 is 1.42. The molecule has 2 heterocycles. The first-order valence-electron chi connectivity index (χ1n) is 5.08. The number of carboxylic acids is 1. The number of hydrogen-bond acceptors (Lipinski definition) is 5. The van der Waals surface area contributed by atoms with Gasteiger partial charge in [-0.1, -0.05) is 0 Å². The molecular formula is C11H12N2O3S. The lowest BCUT2D eigenvalue weighted by Gasteiger charge is -1.98. The van der Waals surface area contributed by atoms with Crippen LogP contribution in [0.3, 0.4) is 0 Å². The fourth-order valence-electron chi connectivity index (χ4n) is 1.36. The van der Waals surface area contributed by atoms with Crippen LogP contribution in [0.15, 0.2) is 22.1 Å². The van der Waals surface area contributed by atoms with E-state index in [4.69, 9.17) is 9.52 Å². The molecule has 6 heteroatoms. The van der Waals surface area contributed by atoms with Gasteiger partial charge in [0.1, 0.15) is 5.76 Å². The van der Waals surface area contributed by atoms with Gasteiger partial charge >= 0.3 is 5.97 Å². The predicted octanol–water partition coefficient (Wildman–Crippen LogP) is 2.03. The van der Waals surface area contributed by atoms with Crippen molar-refractivity contribution in [2.24, 2.45) is 0 Å². The fraction of sp³-hybridized carbons (Fsp3) is 0.273. The van der Waals surface area contributed by atoms with E-state index in [9.17, 15) is 4.79 Å². The monoisotopic (exact) mass is 252 g/mol. The van der Waals surface area contributed by atoms with E-state index in [1.165, 1.54) is 11.3 Å². The molecule has 2 N–H and O–H groups in total. The number of carbonyl (C=O) groups is 1. The highest BCUT2D eigenvalue weighted by Crippen LogP contribution is 2.14. The number of nitrogens with one attached hydrogen (secondary N) is 1. The van der Waals surface area contributed by atoms with Crippen LogP contribution in [0.5, 0.6) is 0 Å². The molecule has 0 amide bonds. The third-order valence-corrected chi connectivity index (χ3v) is 3.08. The number of aromatic nitrogens is 1. The number of hydrogen-bond donors (Lipinski definition) is 2. The minimum Gasteiger partial charge on any atom is -0.478 e. The second-order valence-electron chi connectivity index (χ2n) is 3.58. The Morgan fingerprint density at radius 1 is 1.59 bits per heavy atom. The summed E-state index contributed by atoms with van der Waals surface area (Å²) in [5, 5.41) is 13.5. The summed E-state index contributed by atoms with van der Waals surface area (Å²) in [5.41, 5.74) is 0.332. The van der Waals surface area contributed by atoms with Gasteiger partial charge in [0.15, 0.2) is 0 Å². The summed E-state index contributed by atoms with van der Waals surface area (Å²) in [6.07, 6.45) is 1.67. The molecule has 0 radical (unpaired) electrons. The molecule has 0 aromatic carbocycles. The Morgan fingerprint density at radius 2 is 2.41 bits per heavy atom. The summed E-state index contributed by atoms with van der Waals surface area (Å²) < 4.78 is 5.30. The number of oxazole rings is 1. The second-order valence-corrected chi connectivity index (χ2v) is 4.57. The highest BCUT2D eigenvalue weighted by atomic mass is 32.1. The summed E-state index contributed by atoms with van der Waals surface area (Å²) in [5.74, 6) is 0.527. The maximum absolute atomic E-state index is 10.7. The van der Waals surface area contributed by atoms with E-state index in [0.717, 1.165) is 10.6 Å². The Hall–Kier alpha value is -1.66. The minimum absolute atomic E-state index is 0.332. The highest BCUT2D eigenvalue weighted by Gasteiger charge is 2.06. The molecule has 17 heavy (non-hydrogen) atoms. The molecule has 0 saturated carbocycles. The molecule has 0 fully saturated rings. The lowest BCUT2D eigenvalue weighted by Crippen LogP contribution is -2.11. The maximum atomic E-state index is 10.7. The lowest BCUT2D eigenvalue weighted by molar-refractivity contribution is 0.0697. The molecule has 2 aromatic rings. The van der Waals surface area contributed by atoms with Crippen LogP contribution in [0.4, 0.5) is 0 Å². The lowest BCUT2D eigenvalue weighted by atomic mass is 10.3. The Labute approximate surface area is 102 Å². The largest absolute Gasteiger partial charge is 0.478 e. The van der Waals surface area contributed by atoms with Crippen molar-refractivity contribution in [2.45, 2.75) is 20.0 Å². The van der Waals surface area contributed by atoms with E-state index < -0.39 is 5.97 Å². The average molecular weight is 252 g/mol. The van der Waals surface area contributed by atoms with Crippen LogP contribution in [0.1, 0.15) is 26.9 Å². The van der Waals surface area contributed by atoms with Crippen molar-refractivity contribution in [3.63, 3.8) is 0 Å². The van der Waals surface area contributed by atoms with Crippen LogP contribution in [0, 0.1) is 6.92 Å². The number of rotatable bonds is 5. The number of thiophene rings is 1. The molecule has 0 aliphatic rings. The van der Waals surface area contributed by atoms with Gasteiger partial charge in [-0.2, -0.15) is 0 Å². The van der Waals surface area contributed by atoms with Gasteiger partial charge in [-0.05, 0) is 13.0 Å². The molecule has 0 spiro atoms. The molecule has 0 aliphatic carbocycles. The molecule has 2 aromatic heterocycles. The third kappa shape index (κ3) is 3.15. The van der Waals surface area contributed by atoms with Crippen LogP contribution in [-0.4, -0.2) is 16.1 Å². The summed E-state index contributed by atoms with van der Waals surface area (Å²) in [6, 6.07) is 1.67. The Morgan fingerprint density at radius 3 is 3.00 bits per heavy atom. The molecule has 0 saturated heterocycles. The van der Waals surface area contributed by atoms with E-state index in [0.29, 0.717) is 24.5 Å². The van der Waals surface area contributed by atoms with E-state index in [2.05, 4.69) is 10.3 Å². The maximum Gasteiger partial charge on any atom is 0.336 e. The van der Waals surface area contributed by atoms with Gasteiger partial charge in [-0.3, -0.25) is 0 Å². The zero-order valence-corrected chi connectivity index (χ0v) is 10.1. The van der Waals surface area contributed by atoms with Gasteiger partial charge in [0.25, 0.3) is 0 Å². The van der Waals surface area contributed by atoms with Crippen molar-refractivity contribution < 1.29 is 14.3 Å². The predicted molar refractivity (Wildman–Crippen MR) is 63.1 cm³/mol. The second kappa shape index (κ2) is 5.11. The van der Waals surface area contributed by atoms with E-state index >= 15 is 0 Å². The zero-order chi connectivity index (χ0) is 12.3. The molecule has 5 nitrogen and oxygen atoms in total. The van der Waals surface area contributed by atoms with E-state index in [-0.39, 0.29) is 0 Å². The van der Waals surface area contributed by atoms with Gasteiger partial charge in [-0.25, -0.2) is 9.78 Å². The standard InChI is InChI=1S/C11H12N2O3S/c1-7-3-13-10(16-7)5-12-4-9-2-8(6-17-9)11(14)15/h2-3,6,12H,4-5H2,1H3,(H,14,15). The number of aryl methyl sites for hydroxylation is 1. The molecule has 2 rings (SSSR count). The van der Waals surface area contributed by atoms with Crippen molar-refractivity contribution in [1.82, 2.24) is 10.3 Å². The molecule has 90 valence electrons. The molecule has 0 aliphatic heterocycles. The number of carboxylic acid groups (broad SMARTS) is 1. The van der Waals surface area contributed by atoms with E-state index in [1.807, 2.05) is 6.92 Å². The van der Waals surface area contributed by atoms with Crippen LogP contribution < -0.4 is 5.32 Å². The van der Waals surface area contributed by atoms with Crippen molar-refractivity contribution in [3.8, 4) is 0 Å². The van der Waals surface area contributed by atoms with Gasteiger partial charge in [-0.15, -0.1) is 11.3 Å². The first kappa shape index (κ1) is 11.8. The Kier molecular flexibility index (Phi) is 3.55. The zero-order valence-electron chi connectivity index (χ0n) is 9.27. The van der Waals surface area contributed by atoms with Crippen molar-refractivity contribution in [3.05, 3.63) is 39.7 Å². The minimum atomic E-state index is -0.893. The Balaban J connectivity index is 1.83. The summed E-state index contributed by atoms with van der Waals surface area (Å²) in [4.78, 5) is 15.7. The number of aromatic carboxylic acids is 1. The average Bonchev–Trinajstić information content (AvgIpc) is 2.88. The summed E-state index contributed by atoms with van der Waals surface area (Å²) in [7, 11) is 0. The van der Waals surface area contributed by atoms with Crippen LogP contribution >= 0.6 is 11.3 Å². The van der Waals surface area contributed by atoms with E-state index in [1.54, 1.807) is 17.6 Å². The van der Waals surface area contributed by atoms with Crippen molar-refractivity contribution in [1.29, 1.82) is 0 Å². The van der Waals surface area contributed by atoms with Crippen molar-refractivity contribution >= 4 is 17.3 Å².